The van der Waals surface area contributed by atoms with Crippen LogP contribution in [-0.4, -0.2) is 25.0 Å². The van der Waals surface area contributed by atoms with Crippen LogP contribution in [0.15, 0.2) is 60.7 Å². The molecule has 0 saturated heterocycles. The average Bonchev–Trinajstić information content (AvgIpc) is 3.23. The second-order valence-corrected chi connectivity index (χ2v) is 5.94. The van der Waals surface area contributed by atoms with Crippen molar-refractivity contribution in [2.45, 2.75) is 6.92 Å². The largest absolute Gasteiger partial charge is 0.274 e. The zero-order valence-corrected chi connectivity index (χ0v) is 13.8. The predicted molar refractivity (Wildman–Crippen MR) is 96.5 cm³/mol. The van der Waals surface area contributed by atoms with Crippen molar-refractivity contribution in [1.29, 1.82) is 0 Å². The van der Waals surface area contributed by atoms with E-state index in [4.69, 9.17) is 12.2 Å². The summed E-state index contributed by atoms with van der Waals surface area (Å²) in [7, 11) is 0. The van der Waals surface area contributed by atoms with Crippen molar-refractivity contribution in [2.75, 3.05) is 0 Å². The van der Waals surface area contributed by atoms with Crippen LogP contribution in [0.3, 0.4) is 0 Å². The fourth-order valence-corrected chi connectivity index (χ4v) is 2.84. The van der Waals surface area contributed by atoms with E-state index < -0.39 is 0 Å². The van der Waals surface area contributed by atoms with Gasteiger partial charge < -0.3 is 0 Å². The lowest BCUT2D eigenvalue weighted by molar-refractivity contribution is 1.02. The molecule has 0 radical (unpaired) electrons. The van der Waals surface area contributed by atoms with Crippen molar-refractivity contribution >= 4 is 12.2 Å². The fraction of sp³-hybridized carbons (Fsp3) is 0.0556. The summed E-state index contributed by atoms with van der Waals surface area (Å²) in [6.07, 6.45) is 0. The molecule has 0 fully saturated rings. The normalized spacial score (nSPS) is 10.9. The average molecular weight is 333 g/mol. The van der Waals surface area contributed by atoms with Gasteiger partial charge in [-0.1, -0.05) is 48.0 Å². The number of benzene rings is 2. The second-order valence-electron chi connectivity index (χ2n) is 5.56. The molecule has 24 heavy (non-hydrogen) atoms. The van der Waals surface area contributed by atoms with Gasteiger partial charge in [-0.3, -0.25) is 14.8 Å². The Morgan fingerprint density at radius 2 is 1.67 bits per heavy atom. The molecular weight excluding hydrogens is 318 g/mol. The van der Waals surface area contributed by atoms with Gasteiger partial charge in [0.2, 0.25) is 0 Å². The quantitative estimate of drug-likeness (QED) is 0.550. The summed E-state index contributed by atoms with van der Waals surface area (Å²) in [5.41, 5.74) is 4.92. The molecule has 0 unspecified atom stereocenters. The smallest absolute Gasteiger partial charge is 0.200 e. The Morgan fingerprint density at radius 1 is 0.917 bits per heavy atom. The van der Waals surface area contributed by atoms with Crippen LogP contribution in [0.5, 0.6) is 0 Å². The molecular formula is C18H15N5S. The molecule has 0 spiro atoms. The first kappa shape index (κ1) is 14.6. The lowest BCUT2D eigenvalue weighted by Gasteiger charge is -2.04. The van der Waals surface area contributed by atoms with Crippen LogP contribution in [0.2, 0.25) is 0 Å². The van der Waals surface area contributed by atoms with Crippen molar-refractivity contribution in [2.24, 2.45) is 0 Å². The molecule has 0 aliphatic carbocycles. The highest BCUT2D eigenvalue weighted by atomic mass is 32.1. The standard InChI is InChI=1S/C18H15N5S/c1-12-7-9-13(10-8-12)15-11-16(20-19-15)17-21-22-18(24)23(17)14-5-3-2-4-6-14/h2-11H,1H3,(H,19,20)(H,22,24). The van der Waals surface area contributed by atoms with E-state index in [0.717, 1.165) is 22.6 Å². The van der Waals surface area contributed by atoms with Crippen LogP contribution in [-0.2, 0) is 0 Å². The highest BCUT2D eigenvalue weighted by molar-refractivity contribution is 7.71. The van der Waals surface area contributed by atoms with E-state index >= 15 is 0 Å². The second kappa shape index (κ2) is 5.90. The van der Waals surface area contributed by atoms with Crippen LogP contribution >= 0.6 is 12.2 Å². The Kier molecular flexibility index (Phi) is 3.59. The number of hydrogen-bond acceptors (Lipinski definition) is 3. The van der Waals surface area contributed by atoms with Gasteiger partial charge >= 0.3 is 0 Å². The SMILES string of the molecule is Cc1ccc(-c2cc(-c3n[nH]c(=S)n3-c3ccccc3)[nH]n2)cc1. The molecule has 2 heterocycles. The van der Waals surface area contributed by atoms with E-state index in [1.165, 1.54) is 5.56 Å². The number of rotatable bonds is 3. The molecule has 4 rings (SSSR count). The molecule has 118 valence electrons. The monoisotopic (exact) mass is 333 g/mol. The minimum Gasteiger partial charge on any atom is -0.274 e. The highest BCUT2D eigenvalue weighted by Gasteiger charge is 2.14. The minimum absolute atomic E-state index is 0.544. The van der Waals surface area contributed by atoms with Crippen molar-refractivity contribution in [3.63, 3.8) is 0 Å². The summed E-state index contributed by atoms with van der Waals surface area (Å²) >= 11 is 5.38. The van der Waals surface area contributed by atoms with Gasteiger partial charge in [-0.25, -0.2) is 0 Å². The minimum atomic E-state index is 0.544. The lowest BCUT2D eigenvalue weighted by atomic mass is 10.1. The molecule has 0 saturated carbocycles. The Hall–Kier alpha value is -2.99. The molecule has 6 heteroatoms. The number of nitrogens with zero attached hydrogens (tertiary/aromatic N) is 3. The summed E-state index contributed by atoms with van der Waals surface area (Å²) in [6.45, 7) is 2.07. The zero-order valence-electron chi connectivity index (χ0n) is 13.0. The van der Waals surface area contributed by atoms with Crippen LogP contribution in [0.1, 0.15) is 5.56 Å². The van der Waals surface area contributed by atoms with E-state index in [1.807, 2.05) is 41.0 Å². The van der Waals surface area contributed by atoms with Gasteiger partial charge in [0.05, 0.1) is 11.4 Å². The van der Waals surface area contributed by atoms with Crippen molar-refractivity contribution in [3.05, 3.63) is 71.0 Å². The van der Waals surface area contributed by atoms with Crippen LogP contribution in [0.25, 0.3) is 28.5 Å². The number of nitrogens with one attached hydrogen (secondary N) is 2. The predicted octanol–water partition coefficient (Wildman–Crippen LogP) is 4.30. The third kappa shape index (κ3) is 2.57. The molecule has 2 N–H and O–H groups in total. The van der Waals surface area contributed by atoms with Gasteiger partial charge in [0, 0.05) is 5.56 Å². The number of para-hydroxylation sites is 1. The lowest BCUT2D eigenvalue weighted by Crippen LogP contribution is -1.97. The third-order valence-corrected chi connectivity index (χ3v) is 4.13. The number of hydrogen-bond donors (Lipinski definition) is 2. The number of aryl methyl sites for hydroxylation is 1. The molecule has 0 amide bonds. The summed E-state index contributed by atoms with van der Waals surface area (Å²) in [5, 5.41) is 14.7. The molecule has 2 aromatic carbocycles. The first-order valence-corrected chi connectivity index (χ1v) is 7.99. The maximum atomic E-state index is 5.38. The highest BCUT2D eigenvalue weighted by Crippen LogP contribution is 2.24. The number of aromatic amines is 2. The van der Waals surface area contributed by atoms with Gasteiger partial charge in [0.25, 0.3) is 0 Å². The van der Waals surface area contributed by atoms with Gasteiger partial charge in [0.1, 0.15) is 5.69 Å². The van der Waals surface area contributed by atoms with E-state index in [-0.39, 0.29) is 0 Å². The van der Waals surface area contributed by atoms with E-state index in [9.17, 15) is 0 Å². The van der Waals surface area contributed by atoms with Gasteiger partial charge in [-0.15, -0.1) is 0 Å². The molecule has 4 aromatic rings. The van der Waals surface area contributed by atoms with E-state index in [2.05, 4.69) is 51.6 Å². The molecule has 2 aromatic heterocycles. The molecule has 0 bridgehead atoms. The molecule has 5 nitrogen and oxygen atoms in total. The Balaban J connectivity index is 1.79. The fourth-order valence-electron chi connectivity index (χ4n) is 2.60. The van der Waals surface area contributed by atoms with Gasteiger partial charge in [-0.05, 0) is 37.3 Å². The Labute approximate surface area is 144 Å². The maximum absolute atomic E-state index is 5.38. The van der Waals surface area contributed by atoms with Crippen LogP contribution in [0, 0.1) is 11.7 Å². The van der Waals surface area contributed by atoms with Gasteiger partial charge in [-0.2, -0.15) is 10.2 Å². The summed E-state index contributed by atoms with van der Waals surface area (Å²) < 4.78 is 2.43. The zero-order chi connectivity index (χ0) is 16.5. The first-order valence-electron chi connectivity index (χ1n) is 7.58. The topological polar surface area (TPSA) is 62.3 Å². The van der Waals surface area contributed by atoms with E-state index in [1.54, 1.807) is 0 Å². The van der Waals surface area contributed by atoms with Crippen molar-refractivity contribution < 1.29 is 0 Å². The Morgan fingerprint density at radius 3 is 2.42 bits per heavy atom. The molecule has 0 atom stereocenters. The van der Waals surface area contributed by atoms with Crippen LogP contribution < -0.4 is 0 Å². The van der Waals surface area contributed by atoms with Gasteiger partial charge in [0.15, 0.2) is 10.6 Å². The third-order valence-electron chi connectivity index (χ3n) is 3.85. The van der Waals surface area contributed by atoms with Crippen LogP contribution in [0.4, 0.5) is 0 Å². The molecule has 0 aliphatic rings. The van der Waals surface area contributed by atoms with Crippen molar-refractivity contribution in [1.82, 2.24) is 25.0 Å². The summed E-state index contributed by atoms with van der Waals surface area (Å²) in [4.78, 5) is 0. The molecule has 0 aliphatic heterocycles. The first-order chi connectivity index (χ1) is 11.7. The van der Waals surface area contributed by atoms with Crippen molar-refractivity contribution in [3.8, 4) is 28.5 Å². The summed E-state index contributed by atoms with van der Waals surface area (Å²) in [5.74, 6) is 0.706. The Bertz CT molecular complexity index is 1030. The number of H-pyrrole nitrogens is 2. The van der Waals surface area contributed by atoms with E-state index in [0.29, 0.717) is 10.6 Å². The number of aromatic nitrogens is 5. The summed E-state index contributed by atoms with van der Waals surface area (Å²) in [6, 6.07) is 20.1. The maximum Gasteiger partial charge on any atom is 0.200 e.